The van der Waals surface area contributed by atoms with Crippen LogP contribution in [0.4, 0.5) is 0 Å². The van der Waals surface area contributed by atoms with Crippen molar-refractivity contribution in [2.75, 3.05) is 6.54 Å². The van der Waals surface area contributed by atoms with Crippen LogP contribution >= 0.6 is 0 Å². The van der Waals surface area contributed by atoms with E-state index in [1.165, 1.54) is 6.92 Å². The maximum absolute atomic E-state index is 12.1. The number of carboxylic acids is 2. The fraction of sp³-hybridized carbons (Fsp3) is 0.692. The molecule has 1 aliphatic heterocycles. The van der Waals surface area contributed by atoms with E-state index in [0.29, 0.717) is 13.0 Å². The summed E-state index contributed by atoms with van der Waals surface area (Å²) in [5.74, 6) is -4.29. The third kappa shape index (κ3) is 5.83. The minimum Gasteiger partial charge on any atom is -0.481 e. The monoisotopic (exact) mass is 331 g/mol. The number of aliphatic carboxylic acids is 2. The molecule has 2 amide bonds. The summed E-state index contributed by atoms with van der Waals surface area (Å²) < 4.78 is 0. The minimum atomic E-state index is -1.60. The Bertz CT molecular complexity index is 474. The zero-order valence-electron chi connectivity index (χ0n) is 12.6. The van der Waals surface area contributed by atoms with Gasteiger partial charge in [-0.25, -0.2) is 4.79 Å². The zero-order chi connectivity index (χ0) is 17.6. The van der Waals surface area contributed by atoms with Crippen LogP contribution < -0.4 is 16.0 Å². The SMILES string of the molecule is C[C@@H](O)[C@H](NC(=O)[C@H](CC(=O)O)NC(=O)[C@@H]1CCCN1)C(=O)O. The molecule has 0 unspecified atom stereocenters. The van der Waals surface area contributed by atoms with Crippen LogP contribution in [0.5, 0.6) is 0 Å². The Kier molecular flexibility index (Phi) is 6.91. The number of hydrogen-bond acceptors (Lipinski definition) is 6. The highest BCUT2D eigenvalue weighted by Crippen LogP contribution is 2.06. The van der Waals surface area contributed by atoms with E-state index < -0.39 is 54.4 Å². The minimum absolute atomic E-state index is 0.508. The number of carbonyl (C=O) groups is 4. The lowest BCUT2D eigenvalue weighted by Crippen LogP contribution is -2.56. The van der Waals surface area contributed by atoms with E-state index in [0.717, 1.165) is 6.42 Å². The van der Waals surface area contributed by atoms with Gasteiger partial charge in [0.15, 0.2) is 6.04 Å². The maximum Gasteiger partial charge on any atom is 0.328 e. The highest BCUT2D eigenvalue weighted by Gasteiger charge is 2.32. The Morgan fingerprint density at radius 2 is 1.87 bits per heavy atom. The molecule has 4 atom stereocenters. The summed E-state index contributed by atoms with van der Waals surface area (Å²) in [5.41, 5.74) is 0. The lowest BCUT2D eigenvalue weighted by Gasteiger charge is -2.23. The summed E-state index contributed by atoms with van der Waals surface area (Å²) in [5, 5.41) is 34.4. The van der Waals surface area contributed by atoms with Crippen molar-refractivity contribution < 1.29 is 34.5 Å². The van der Waals surface area contributed by atoms with E-state index >= 15 is 0 Å². The molecule has 0 bridgehead atoms. The van der Waals surface area contributed by atoms with Crippen LogP contribution in [0.25, 0.3) is 0 Å². The standard InChI is InChI=1S/C13H21N3O7/c1-6(17)10(13(22)23)16-12(21)8(5-9(18)19)15-11(20)7-3-2-4-14-7/h6-8,10,14,17H,2-5H2,1H3,(H,15,20)(H,16,21)(H,18,19)(H,22,23)/t6-,7+,8+,10+/m1/s1. The van der Waals surface area contributed by atoms with Crippen molar-refractivity contribution in [2.45, 2.75) is 50.4 Å². The fourth-order valence-corrected chi connectivity index (χ4v) is 2.21. The number of carboxylic acid groups (broad SMARTS) is 2. The second-order valence-corrected chi connectivity index (χ2v) is 5.37. The van der Waals surface area contributed by atoms with Crippen LogP contribution in [0, 0.1) is 0 Å². The molecule has 1 aliphatic rings. The van der Waals surface area contributed by atoms with E-state index in [4.69, 9.17) is 10.2 Å². The van der Waals surface area contributed by atoms with Gasteiger partial charge in [-0.3, -0.25) is 14.4 Å². The molecule has 0 aliphatic carbocycles. The number of aliphatic hydroxyl groups is 1. The predicted molar refractivity (Wildman–Crippen MR) is 76.5 cm³/mol. The highest BCUT2D eigenvalue weighted by atomic mass is 16.4. The van der Waals surface area contributed by atoms with Crippen LogP contribution in [0.2, 0.25) is 0 Å². The van der Waals surface area contributed by atoms with Gasteiger partial charge in [-0.15, -0.1) is 0 Å². The second-order valence-electron chi connectivity index (χ2n) is 5.37. The molecule has 0 aromatic carbocycles. The molecule has 0 spiro atoms. The third-order valence-corrected chi connectivity index (χ3v) is 3.43. The molecule has 23 heavy (non-hydrogen) atoms. The fourth-order valence-electron chi connectivity index (χ4n) is 2.21. The van der Waals surface area contributed by atoms with Gasteiger partial charge in [-0.05, 0) is 26.3 Å². The molecule has 6 N–H and O–H groups in total. The van der Waals surface area contributed by atoms with E-state index in [-0.39, 0.29) is 0 Å². The average molecular weight is 331 g/mol. The summed E-state index contributed by atoms with van der Waals surface area (Å²) in [6.45, 7) is 1.82. The Balaban J connectivity index is 2.75. The first-order valence-electron chi connectivity index (χ1n) is 7.19. The maximum atomic E-state index is 12.1. The molecule has 0 saturated carbocycles. The molecule has 1 fully saturated rings. The van der Waals surface area contributed by atoms with Crippen molar-refractivity contribution in [2.24, 2.45) is 0 Å². The van der Waals surface area contributed by atoms with Crippen LogP contribution in [0.1, 0.15) is 26.2 Å². The summed E-state index contributed by atoms with van der Waals surface area (Å²) in [4.78, 5) is 45.9. The quantitative estimate of drug-likeness (QED) is 0.287. The number of amides is 2. The molecule has 0 radical (unpaired) electrons. The van der Waals surface area contributed by atoms with Gasteiger partial charge in [-0.1, -0.05) is 0 Å². The Hall–Kier alpha value is -2.20. The molecular weight excluding hydrogens is 310 g/mol. The first kappa shape index (κ1) is 18.8. The zero-order valence-corrected chi connectivity index (χ0v) is 12.6. The molecular formula is C13H21N3O7. The number of aliphatic hydroxyl groups excluding tert-OH is 1. The lowest BCUT2D eigenvalue weighted by molar-refractivity contribution is -0.145. The molecule has 1 heterocycles. The second kappa shape index (κ2) is 8.44. The van der Waals surface area contributed by atoms with Gasteiger partial charge in [-0.2, -0.15) is 0 Å². The van der Waals surface area contributed by atoms with E-state index in [2.05, 4.69) is 10.6 Å². The number of carbonyl (C=O) groups excluding carboxylic acids is 2. The summed E-state index contributed by atoms with van der Waals surface area (Å²) in [7, 11) is 0. The molecule has 0 aromatic heterocycles. The molecule has 10 nitrogen and oxygen atoms in total. The van der Waals surface area contributed by atoms with Crippen molar-refractivity contribution in [3.63, 3.8) is 0 Å². The lowest BCUT2D eigenvalue weighted by atomic mass is 10.1. The normalized spacial score (nSPS) is 21.0. The Morgan fingerprint density at radius 3 is 2.30 bits per heavy atom. The van der Waals surface area contributed by atoms with Crippen LogP contribution in [-0.2, 0) is 19.2 Å². The molecule has 1 saturated heterocycles. The van der Waals surface area contributed by atoms with Gasteiger partial charge in [0.2, 0.25) is 11.8 Å². The van der Waals surface area contributed by atoms with Crippen LogP contribution in [0.15, 0.2) is 0 Å². The predicted octanol–water partition coefficient (Wildman–Crippen LogP) is -2.35. The van der Waals surface area contributed by atoms with Gasteiger partial charge < -0.3 is 31.3 Å². The van der Waals surface area contributed by atoms with E-state index in [9.17, 15) is 24.3 Å². The number of nitrogens with one attached hydrogen (secondary N) is 3. The first-order valence-corrected chi connectivity index (χ1v) is 7.19. The molecule has 1 rings (SSSR count). The Morgan fingerprint density at radius 1 is 1.22 bits per heavy atom. The van der Waals surface area contributed by atoms with E-state index in [1.54, 1.807) is 0 Å². The van der Waals surface area contributed by atoms with Gasteiger partial charge in [0.05, 0.1) is 18.6 Å². The Labute approximate surface area is 132 Å². The van der Waals surface area contributed by atoms with Crippen molar-refractivity contribution in [3.8, 4) is 0 Å². The van der Waals surface area contributed by atoms with Crippen molar-refractivity contribution >= 4 is 23.8 Å². The third-order valence-electron chi connectivity index (χ3n) is 3.43. The smallest absolute Gasteiger partial charge is 0.328 e. The molecule has 10 heteroatoms. The van der Waals surface area contributed by atoms with Crippen molar-refractivity contribution in [3.05, 3.63) is 0 Å². The van der Waals surface area contributed by atoms with E-state index in [1.807, 2.05) is 5.32 Å². The molecule has 0 aromatic rings. The topological polar surface area (TPSA) is 165 Å². The highest BCUT2D eigenvalue weighted by molar-refractivity contribution is 5.94. The number of rotatable bonds is 8. The van der Waals surface area contributed by atoms with Crippen molar-refractivity contribution in [1.29, 1.82) is 0 Å². The van der Waals surface area contributed by atoms with Gasteiger partial charge in [0.25, 0.3) is 0 Å². The van der Waals surface area contributed by atoms with Crippen LogP contribution in [0.3, 0.4) is 0 Å². The largest absolute Gasteiger partial charge is 0.481 e. The van der Waals surface area contributed by atoms with Gasteiger partial charge in [0.1, 0.15) is 6.04 Å². The summed E-state index contributed by atoms with van der Waals surface area (Å²) in [6.07, 6.45) is -0.722. The first-order chi connectivity index (χ1) is 10.7. The van der Waals surface area contributed by atoms with Gasteiger partial charge >= 0.3 is 11.9 Å². The number of hydrogen-bond donors (Lipinski definition) is 6. The summed E-state index contributed by atoms with van der Waals surface area (Å²) >= 11 is 0. The average Bonchev–Trinajstić information content (AvgIpc) is 2.96. The summed E-state index contributed by atoms with van der Waals surface area (Å²) in [6, 6.07) is -3.53. The molecule has 130 valence electrons. The van der Waals surface area contributed by atoms with Gasteiger partial charge in [0, 0.05) is 0 Å². The van der Waals surface area contributed by atoms with Crippen molar-refractivity contribution in [1.82, 2.24) is 16.0 Å². The van der Waals surface area contributed by atoms with Crippen LogP contribution in [-0.4, -0.2) is 69.8 Å².